The number of nitrogens with one attached hydrogen (secondary N) is 2. The molecule has 0 atom stereocenters. The molecule has 24 heavy (non-hydrogen) atoms. The van der Waals surface area contributed by atoms with Crippen molar-refractivity contribution in [3.63, 3.8) is 0 Å². The fraction of sp³-hybridized carbons (Fsp3) is 0.562. The number of likely N-dealkylation sites (N-methyl/N-ethyl adjacent to an activating group) is 1. The number of ether oxygens (including phenoxy) is 1. The molecule has 0 aliphatic heterocycles. The number of rotatable bonds is 9. The molecule has 0 unspecified atom stereocenters. The Balaban J connectivity index is 0.00000529. The van der Waals surface area contributed by atoms with Crippen LogP contribution in [-0.4, -0.2) is 57.8 Å². The monoisotopic (exact) mass is 488 g/mol. The third-order valence-electron chi connectivity index (χ3n) is 3.23. The highest BCUT2D eigenvalue weighted by atomic mass is 127. The summed E-state index contributed by atoms with van der Waals surface area (Å²) in [7, 11) is 3.78. The maximum absolute atomic E-state index is 6.17. The van der Waals surface area contributed by atoms with E-state index in [1.54, 1.807) is 13.2 Å². The third kappa shape index (κ3) is 9.88. The Morgan fingerprint density at radius 2 is 2.00 bits per heavy atom. The van der Waals surface area contributed by atoms with E-state index in [2.05, 4.69) is 27.6 Å². The molecule has 138 valence electrons. The molecule has 1 aromatic rings. The van der Waals surface area contributed by atoms with E-state index in [0.29, 0.717) is 16.6 Å². The zero-order valence-electron chi connectivity index (χ0n) is 14.4. The normalized spacial score (nSPS) is 11.3. The molecule has 0 aliphatic carbocycles. The summed E-state index contributed by atoms with van der Waals surface area (Å²) in [5.74, 6) is 0.777. The summed E-state index contributed by atoms with van der Waals surface area (Å²) in [6, 6.07) is 5.46. The predicted molar refractivity (Wildman–Crippen MR) is 114 cm³/mol. The van der Waals surface area contributed by atoms with Gasteiger partial charge in [0.25, 0.3) is 0 Å². The van der Waals surface area contributed by atoms with Gasteiger partial charge in [-0.1, -0.05) is 29.3 Å². The van der Waals surface area contributed by atoms with E-state index in [9.17, 15) is 0 Å². The van der Waals surface area contributed by atoms with Gasteiger partial charge in [-0.15, -0.1) is 24.0 Å². The minimum Gasteiger partial charge on any atom is -0.383 e. The first-order valence-corrected chi connectivity index (χ1v) is 8.46. The van der Waals surface area contributed by atoms with Crippen LogP contribution < -0.4 is 10.6 Å². The Labute approximate surface area is 172 Å². The van der Waals surface area contributed by atoms with E-state index >= 15 is 0 Å². The lowest BCUT2D eigenvalue weighted by Crippen LogP contribution is -2.41. The lowest BCUT2D eigenvalue weighted by Gasteiger charge is -2.17. The maximum Gasteiger partial charge on any atom is 0.191 e. The van der Waals surface area contributed by atoms with Gasteiger partial charge in [0.2, 0.25) is 0 Å². The highest BCUT2D eigenvalue weighted by Gasteiger charge is 2.03. The van der Waals surface area contributed by atoms with Crippen molar-refractivity contribution in [1.29, 1.82) is 0 Å². The van der Waals surface area contributed by atoms with Crippen LogP contribution in [0.4, 0.5) is 0 Å². The zero-order valence-corrected chi connectivity index (χ0v) is 18.3. The second-order valence-corrected chi connectivity index (χ2v) is 6.00. The van der Waals surface area contributed by atoms with E-state index in [4.69, 9.17) is 27.9 Å². The van der Waals surface area contributed by atoms with Crippen LogP contribution in [0.15, 0.2) is 23.2 Å². The van der Waals surface area contributed by atoms with Gasteiger partial charge >= 0.3 is 0 Å². The van der Waals surface area contributed by atoms with Crippen molar-refractivity contribution in [3.8, 4) is 0 Å². The molecular weight excluding hydrogens is 462 g/mol. The number of nitrogens with zero attached hydrogens (tertiary/aromatic N) is 2. The van der Waals surface area contributed by atoms with Gasteiger partial charge in [-0.05, 0) is 31.7 Å². The largest absolute Gasteiger partial charge is 0.383 e. The minimum absolute atomic E-state index is 0. The molecule has 5 nitrogen and oxygen atoms in total. The fourth-order valence-electron chi connectivity index (χ4n) is 1.88. The number of hydrogen-bond acceptors (Lipinski definition) is 3. The van der Waals surface area contributed by atoms with E-state index in [0.717, 1.165) is 44.3 Å². The molecule has 1 aromatic carbocycles. The number of hydrogen-bond donors (Lipinski definition) is 2. The minimum atomic E-state index is 0. The smallest absolute Gasteiger partial charge is 0.191 e. The van der Waals surface area contributed by atoms with Crippen molar-refractivity contribution >= 4 is 53.1 Å². The van der Waals surface area contributed by atoms with Crippen LogP contribution in [0.1, 0.15) is 12.5 Å². The molecule has 0 aromatic heterocycles. The lowest BCUT2D eigenvalue weighted by atomic mass is 10.2. The average molecular weight is 489 g/mol. The zero-order chi connectivity index (χ0) is 17.1. The van der Waals surface area contributed by atoms with Crippen molar-refractivity contribution < 1.29 is 4.74 Å². The molecule has 0 bridgehead atoms. The Hall–Kier alpha value is -0.280. The van der Waals surface area contributed by atoms with Gasteiger partial charge in [-0.3, -0.25) is 0 Å². The SMILES string of the molecule is CCNC(=NCc1ccc(Cl)cc1Cl)NCCN(C)CCOC.I. The molecule has 0 spiro atoms. The van der Waals surface area contributed by atoms with Crippen LogP contribution in [0.5, 0.6) is 0 Å². The Kier molecular flexibility index (Phi) is 13.8. The highest BCUT2D eigenvalue weighted by molar-refractivity contribution is 14.0. The number of aliphatic imine (C=N–C) groups is 1. The Morgan fingerprint density at radius 1 is 1.25 bits per heavy atom. The summed E-state index contributed by atoms with van der Waals surface area (Å²) in [4.78, 5) is 6.76. The quantitative estimate of drug-likeness (QED) is 0.318. The number of halogens is 3. The van der Waals surface area contributed by atoms with Crippen LogP contribution in [0.25, 0.3) is 0 Å². The van der Waals surface area contributed by atoms with Gasteiger partial charge in [-0.25, -0.2) is 4.99 Å². The van der Waals surface area contributed by atoms with Crippen LogP contribution in [0.3, 0.4) is 0 Å². The summed E-state index contributed by atoms with van der Waals surface area (Å²) < 4.78 is 5.07. The number of methoxy groups -OCH3 is 1. The molecule has 0 fully saturated rings. The average Bonchev–Trinajstić information content (AvgIpc) is 2.52. The molecule has 2 N–H and O–H groups in total. The van der Waals surface area contributed by atoms with E-state index < -0.39 is 0 Å². The second-order valence-electron chi connectivity index (χ2n) is 5.15. The van der Waals surface area contributed by atoms with Crippen molar-refractivity contribution in [2.75, 3.05) is 46.9 Å². The van der Waals surface area contributed by atoms with Crippen LogP contribution in [-0.2, 0) is 11.3 Å². The number of guanidine groups is 1. The summed E-state index contributed by atoms with van der Waals surface area (Å²) >= 11 is 12.1. The predicted octanol–water partition coefficient (Wildman–Crippen LogP) is 3.24. The fourth-order valence-corrected chi connectivity index (χ4v) is 2.35. The second kappa shape index (κ2) is 13.9. The van der Waals surface area contributed by atoms with Gasteiger partial charge in [0, 0.05) is 43.3 Å². The maximum atomic E-state index is 6.17. The summed E-state index contributed by atoms with van der Waals surface area (Å²) in [6.07, 6.45) is 0. The lowest BCUT2D eigenvalue weighted by molar-refractivity contribution is 0.162. The molecule has 0 heterocycles. The topological polar surface area (TPSA) is 48.9 Å². The van der Waals surface area contributed by atoms with Gasteiger partial charge < -0.3 is 20.3 Å². The van der Waals surface area contributed by atoms with Gasteiger partial charge in [0.05, 0.1) is 13.2 Å². The molecule has 0 saturated heterocycles. The molecular formula is C16H27Cl2IN4O. The van der Waals surface area contributed by atoms with Gasteiger partial charge in [-0.2, -0.15) is 0 Å². The molecule has 0 saturated carbocycles. The number of benzene rings is 1. The first kappa shape index (κ1) is 23.7. The third-order valence-corrected chi connectivity index (χ3v) is 3.82. The van der Waals surface area contributed by atoms with Crippen molar-refractivity contribution in [2.24, 2.45) is 4.99 Å². The van der Waals surface area contributed by atoms with E-state index in [-0.39, 0.29) is 24.0 Å². The Morgan fingerprint density at radius 3 is 2.62 bits per heavy atom. The van der Waals surface area contributed by atoms with Crippen molar-refractivity contribution in [2.45, 2.75) is 13.5 Å². The summed E-state index contributed by atoms with van der Waals surface area (Å²) in [5, 5.41) is 7.81. The molecule has 1 rings (SSSR count). The standard InChI is InChI=1S/C16H26Cl2N4O.HI/c1-4-19-16(20-7-8-22(2)9-10-23-3)21-12-13-5-6-14(17)11-15(13)18;/h5-6,11H,4,7-10,12H2,1-3H3,(H2,19,20,21);1H. The summed E-state index contributed by atoms with van der Waals surface area (Å²) in [5.41, 5.74) is 0.950. The van der Waals surface area contributed by atoms with Crippen LogP contribution in [0, 0.1) is 0 Å². The molecule has 0 amide bonds. The van der Waals surface area contributed by atoms with Crippen molar-refractivity contribution in [3.05, 3.63) is 33.8 Å². The highest BCUT2D eigenvalue weighted by Crippen LogP contribution is 2.21. The van der Waals surface area contributed by atoms with E-state index in [1.165, 1.54) is 0 Å². The first-order chi connectivity index (χ1) is 11.1. The van der Waals surface area contributed by atoms with Crippen LogP contribution in [0.2, 0.25) is 10.0 Å². The van der Waals surface area contributed by atoms with Crippen LogP contribution >= 0.6 is 47.2 Å². The summed E-state index contributed by atoms with van der Waals surface area (Å²) in [6.45, 7) is 6.71. The van der Waals surface area contributed by atoms with Gasteiger partial charge in [0.15, 0.2) is 5.96 Å². The molecule has 0 aliphatic rings. The Bertz CT molecular complexity index is 503. The molecule has 0 radical (unpaired) electrons. The van der Waals surface area contributed by atoms with Gasteiger partial charge in [0.1, 0.15) is 0 Å². The first-order valence-electron chi connectivity index (χ1n) is 7.70. The van der Waals surface area contributed by atoms with E-state index in [1.807, 2.05) is 19.1 Å². The van der Waals surface area contributed by atoms with Crippen molar-refractivity contribution in [1.82, 2.24) is 15.5 Å². The molecule has 8 heteroatoms.